The van der Waals surface area contributed by atoms with Gasteiger partial charge < -0.3 is 9.30 Å². The van der Waals surface area contributed by atoms with Gasteiger partial charge in [-0.05, 0) is 96.1 Å². The molecular formula is C68H54N4OPt+2. The van der Waals surface area contributed by atoms with E-state index in [0.717, 1.165) is 89.3 Å². The maximum atomic E-state index is 6.82. The van der Waals surface area contributed by atoms with Crippen LogP contribution in [0.25, 0.3) is 72.1 Å². The number of hydrogen-bond donors (Lipinski definition) is 0. The molecule has 0 amide bonds. The topological polar surface area (TPSA) is 33.1 Å². The molecule has 360 valence electrons. The Morgan fingerprint density at radius 2 is 1.04 bits per heavy atom. The van der Waals surface area contributed by atoms with Crippen molar-refractivity contribution < 1.29 is 25.8 Å². The fourth-order valence-electron chi connectivity index (χ4n) is 10.2. The number of pyridine rings is 1. The zero-order valence-electron chi connectivity index (χ0n) is 42.3. The molecular weight excluding hydrogens is 1080 g/mol. The van der Waals surface area contributed by atoms with Crippen molar-refractivity contribution in [2.75, 3.05) is 0 Å². The van der Waals surface area contributed by atoms with Crippen molar-refractivity contribution in [3.05, 3.63) is 242 Å². The van der Waals surface area contributed by atoms with Gasteiger partial charge in [-0.15, -0.1) is 23.6 Å². The van der Waals surface area contributed by atoms with Crippen molar-refractivity contribution in [1.29, 1.82) is 0 Å². The third kappa shape index (κ3) is 8.94. The van der Waals surface area contributed by atoms with Crippen LogP contribution in [-0.2, 0) is 31.9 Å². The van der Waals surface area contributed by atoms with Crippen LogP contribution in [-0.4, -0.2) is 15.6 Å². The molecule has 12 rings (SSSR count). The second-order valence-electron chi connectivity index (χ2n) is 20.9. The van der Waals surface area contributed by atoms with E-state index in [4.69, 9.17) is 9.72 Å². The summed E-state index contributed by atoms with van der Waals surface area (Å²) < 4.78 is 13.4. The predicted octanol–water partition coefficient (Wildman–Crippen LogP) is 17.7. The molecule has 0 bridgehead atoms. The molecule has 74 heavy (non-hydrogen) atoms. The summed E-state index contributed by atoms with van der Waals surface area (Å²) in [5.74, 6) is 1.96. The molecule has 0 saturated carbocycles. The Balaban J connectivity index is 0.00000588. The van der Waals surface area contributed by atoms with Crippen molar-refractivity contribution >= 4 is 50.6 Å². The first-order valence-electron chi connectivity index (χ1n) is 25.0. The average molecular weight is 1140 g/mol. The first kappa shape index (κ1) is 48.1. The Bertz CT molecular complexity index is 3930. The Morgan fingerprint density at radius 3 is 1.72 bits per heavy atom. The number of para-hydroxylation sites is 2. The molecule has 0 saturated heterocycles. The van der Waals surface area contributed by atoms with Gasteiger partial charge in [-0.1, -0.05) is 203 Å². The number of aromatic nitrogens is 2. The molecule has 0 atom stereocenters. The maximum absolute atomic E-state index is 6.82. The molecule has 5 nitrogen and oxygen atoms in total. The van der Waals surface area contributed by atoms with E-state index in [1.165, 1.54) is 16.7 Å². The fraction of sp³-hybridized carbons (Fsp3) is 0.118. The Kier molecular flexibility index (Phi) is 12.6. The van der Waals surface area contributed by atoms with Gasteiger partial charge in [-0.3, -0.25) is 0 Å². The number of benzene rings is 9. The van der Waals surface area contributed by atoms with Crippen LogP contribution >= 0.6 is 0 Å². The molecule has 9 aromatic carbocycles. The van der Waals surface area contributed by atoms with Gasteiger partial charge >= 0.3 is 32.8 Å². The van der Waals surface area contributed by atoms with Crippen molar-refractivity contribution in [3.63, 3.8) is 0 Å². The quantitative estimate of drug-likeness (QED) is 0.107. The van der Waals surface area contributed by atoms with Crippen LogP contribution in [0.5, 0.6) is 11.5 Å². The third-order valence-corrected chi connectivity index (χ3v) is 14.0. The molecule has 11 aromatic rings. The number of fused-ring (bicyclic) bond motifs is 4. The fourth-order valence-corrected chi connectivity index (χ4v) is 10.2. The van der Waals surface area contributed by atoms with Gasteiger partial charge in [-0.2, -0.15) is 12.1 Å². The Morgan fingerprint density at radius 1 is 0.459 bits per heavy atom. The minimum atomic E-state index is -0.0636. The zero-order chi connectivity index (χ0) is 49.8. The van der Waals surface area contributed by atoms with Gasteiger partial charge in [0.1, 0.15) is 11.5 Å². The van der Waals surface area contributed by atoms with E-state index >= 15 is 0 Å². The monoisotopic (exact) mass is 1140 g/mol. The van der Waals surface area contributed by atoms with Gasteiger partial charge in [0.05, 0.1) is 16.7 Å². The smallest absolute Gasteiger partial charge is 0.509 e. The van der Waals surface area contributed by atoms with E-state index < -0.39 is 0 Å². The van der Waals surface area contributed by atoms with E-state index in [-0.39, 0.29) is 31.9 Å². The molecule has 0 spiro atoms. The van der Waals surface area contributed by atoms with Gasteiger partial charge in [0.25, 0.3) is 5.69 Å². The molecule has 0 aliphatic carbocycles. The molecule has 3 heterocycles. The largest absolute Gasteiger partial charge is 2.00 e. The summed E-state index contributed by atoms with van der Waals surface area (Å²) in [4.78, 5) is 4.96. The van der Waals surface area contributed by atoms with Crippen molar-refractivity contribution in [2.24, 2.45) is 0 Å². The molecule has 6 heteroatoms. The van der Waals surface area contributed by atoms with Gasteiger partial charge in [0, 0.05) is 29.3 Å². The predicted molar refractivity (Wildman–Crippen MR) is 303 cm³/mol. The summed E-state index contributed by atoms with van der Waals surface area (Å²) >= 11 is 0. The molecule has 0 unspecified atom stereocenters. The first-order valence-corrected chi connectivity index (χ1v) is 25.0. The molecule has 1 aliphatic heterocycles. The van der Waals surface area contributed by atoms with Crippen LogP contribution in [0.1, 0.15) is 52.7 Å². The SMILES string of the molecule is CC(C)(C)c1cccc(-c2cccc3c2[N+](c2c(-c4ccccc4)cccc2-c2ccccc2)=C=[N+]3c2[c-]c(Oc3[c-]c4c(cc3)c3cc(-c5ccccc5)ccc3n4-c3cc(C(C)(C)C)ccn3)ccc2)c1.[Pt+2]. The summed E-state index contributed by atoms with van der Waals surface area (Å²) in [6, 6.07) is 86.4. The summed E-state index contributed by atoms with van der Waals surface area (Å²) in [7, 11) is 0. The summed E-state index contributed by atoms with van der Waals surface area (Å²) in [6.07, 6.45) is 1.91. The van der Waals surface area contributed by atoms with Crippen molar-refractivity contribution in [2.45, 2.75) is 52.4 Å². The van der Waals surface area contributed by atoms with E-state index in [9.17, 15) is 0 Å². The van der Waals surface area contributed by atoms with Gasteiger partial charge in [0.2, 0.25) is 5.69 Å². The zero-order valence-corrected chi connectivity index (χ0v) is 44.6. The van der Waals surface area contributed by atoms with Crippen LogP contribution in [0.2, 0.25) is 0 Å². The molecule has 0 N–H and O–H groups in total. The maximum Gasteiger partial charge on any atom is 2.00 e. The first-order chi connectivity index (χ1) is 35.5. The standard InChI is InChI=1S/C68H54N4O.Pt/c1-67(2,3)51-27-16-26-50(40-51)58-32-19-33-62-66(58)71(65-56(47-22-12-8-13-23-47)30-18-31-57(65)48-24-14-9-15-25-48)45-70(62)53-28-17-29-54(43-53)73-55-35-36-59-60-41-49(46-20-10-7-11-21-46)34-37-61(60)72(63(59)44-55)64-42-52(38-39-69-64)68(4,5)6;/h7-42H,1-6H3;/q;+2. The minimum Gasteiger partial charge on any atom is -0.509 e. The van der Waals surface area contributed by atoms with Crippen LogP contribution in [0.3, 0.4) is 0 Å². The summed E-state index contributed by atoms with van der Waals surface area (Å²) in [5.41, 5.74) is 17.1. The second kappa shape index (κ2) is 19.3. The van der Waals surface area contributed by atoms with Crippen molar-refractivity contribution in [3.8, 4) is 61.8 Å². The average Bonchev–Trinajstić information content (AvgIpc) is 3.97. The Hall–Kier alpha value is -8.20. The van der Waals surface area contributed by atoms with E-state index in [2.05, 4.69) is 268 Å². The summed E-state index contributed by atoms with van der Waals surface area (Å²) in [6.45, 7) is 13.5. The van der Waals surface area contributed by atoms with E-state index in [1.807, 2.05) is 24.4 Å². The van der Waals surface area contributed by atoms with E-state index in [1.54, 1.807) is 0 Å². The van der Waals surface area contributed by atoms with Gasteiger partial charge in [0.15, 0.2) is 0 Å². The normalized spacial score (nSPS) is 12.3. The number of rotatable bonds is 9. The number of nitrogens with zero attached hydrogens (tertiary/aromatic N) is 4. The van der Waals surface area contributed by atoms with Gasteiger partial charge in [-0.25, -0.2) is 4.98 Å². The molecule has 0 fully saturated rings. The third-order valence-electron chi connectivity index (χ3n) is 14.0. The van der Waals surface area contributed by atoms with Crippen LogP contribution in [0.4, 0.5) is 22.7 Å². The number of ether oxygens (including phenoxy) is 1. The number of hydrogen-bond acceptors (Lipinski definition) is 2. The second-order valence-corrected chi connectivity index (χ2v) is 20.9. The van der Waals surface area contributed by atoms with E-state index in [0.29, 0.717) is 11.5 Å². The molecule has 0 radical (unpaired) electrons. The van der Waals surface area contributed by atoms with Crippen LogP contribution in [0, 0.1) is 12.1 Å². The van der Waals surface area contributed by atoms with Crippen molar-refractivity contribution in [1.82, 2.24) is 18.7 Å². The Labute approximate surface area is 448 Å². The summed E-state index contributed by atoms with van der Waals surface area (Å²) in [5, 5.41) is 2.18. The molecule has 2 aromatic heterocycles. The molecule has 1 aliphatic rings. The van der Waals surface area contributed by atoms with Crippen LogP contribution in [0.15, 0.2) is 219 Å². The minimum absolute atomic E-state index is 0. The van der Waals surface area contributed by atoms with Crippen LogP contribution < -0.4 is 13.9 Å².